The Kier molecular flexibility index (Phi) is 4.68. The molecule has 23 heavy (non-hydrogen) atoms. The minimum absolute atomic E-state index is 0.245. The van der Waals surface area contributed by atoms with Gasteiger partial charge in [0.2, 0.25) is 0 Å². The summed E-state index contributed by atoms with van der Waals surface area (Å²) in [4.78, 5) is 12.4. The average Bonchev–Trinajstić information content (AvgIpc) is 3.20. The molecule has 0 unspecified atom stereocenters. The Morgan fingerprint density at radius 2 is 2.35 bits per heavy atom. The maximum atomic E-state index is 12.4. The highest BCUT2D eigenvalue weighted by Gasteiger charge is 2.32. The molecule has 1 aliphatic rings. The van der Waals surface area contributed by atoms with Crippen LogP contribution in [0.5, 0.6) is 11.5 Å². The molecule has 7 nitrogen and oxygen atoms in total. The lowest BCUT2D eigenvalue weighted by Crippen LogP contribution is -2.45. The molecule has 122 valence electrons. The molecular formula is C15H16ClN3O4. The number of carbonyl (C=O) groups is 1. The Balaban J connectivity index is 1.65. The first-order valence-corrected chi connectivity index (χ1v) is 7.42. The Bertz CT molecular complexity index is 677. The molecule has 2 N–H and O–H groups in total. The van der Waals surface area contributed by atoms with Gasteiger partial charge < -0.3 is 19.5 Å². The molecule has 0 spiro atoms. The molecule has 1 aliphatic heterocycles. The van der Waals surface area contributed by atoms with Gasteiger partial charge in [-0.3, -0.25) is 9.89 Å². The van der Waals surface area contributed by atoms with Crippen molar-refractivity contribution in [1.82, 2.24) is 15.5 Å². The predicted octanol–water partition coefficient (Wildman–Crippen LogP) is 1.65. The highest BCUT2D eigenvalue weighted by Crippen LogP contribution is 2.25. The van der Waals surface area contributed by atoms with Gasteiger partial charge in [0.15, 0.2) is 5.75 Å². The summed E-state index contributed by atoms with van der Waals surface area (Å²) < 4.78 is 16.2. The summed E-state index contributed by atoms with van der Waals surface area (Å²) in [6.45, 7) is 0.789. The maximum Gasteiger partial charge on any atom is 0.251 e. The van der Waals surface area contributed by atoms with Crippen LogP contribution in [0.25, 0.3) is 0 Å². The van der Waals surface area contributed by atoms with E-state index in [4.69, 9.17) is 25.8 Å². The van der Waals surface area contributed by atoms with Crippen molar-refractivity contribution in [2.75, 3.05) is 20.3 Å². The second-order valence-electron chi connectivity index (χ2n) is 5.06. The molecule has 0 radical (unpaired) electrons. The van der Waals surface area contributed by atoms with Crippen molar-refractivity contribution in [2.45, 2.75) is 12.1 Å². The van der Waals surface area contributed by atoms with Crippen molar-refractivity contribution in [2.24, 2.45) is 0 Å². The van der Waals surface area contributed by atoms with Crippen molar-refractivity contribution in [3.05, 3.63) is 41.2 Å². The van der Waals surface area contributed by atoms with Gasteiger partial charge in [0.05, 0.1) is 43.8 Å². The third-order valence-corrected chi connectivity index (χ3v) is 3.81. The van der Waals surface area contributed by atoms with Crippen LogP contribution in [0.4, 0.5) is 0 Å². The van der Waals surface area contributed by atoms with E-state index in [1.165, 1.54) is 7.11 Å². The largest absolute Gasteiger partial charge is 0.495 e. The molecule has 3 rings (SSSR count). The van der Waals surface area contributed by atoms with Crippen LogP contribution >= 0.6 is 11.6 Å². The van der Waals surface area contributed by atoms with Crippen LogP contribution in [-0.2, 0) is 4.74 Å². The van der Waals surface area contributed by atoms with E-state index in [0.29, 0.717) is 35.3 Å². The molecule has 1 aromatic carbocycles. The first kappa shape index (κ1) is 15.6. The van der Waals surface area contributed by atoms with Gasteiger partial charge in [-0.1, -0.05) is 11.6 Å². The van der Waals surface area contributed by atoms with Gasteiger partial charge in [-0.2, -0.15) is 5.10 Å². The van der Waals surface area contributed by atoms with Crippen LogP contribution in [0.15, 0.2) is 30.6 Å². The van der Waals surface area contributed by atoms with Gasteiger partial charge in [0.1, 0.15) is 11.9 Å². The number of hydrogen-bond donors (Lipinski definition) is 2. The molecule has 1 aromatic heterocycles. The van der Waals surface area contributed by atoms with Crippen LogP contribution in [0, 0.1) is 0 Å². The first-order valence-electron chi connectivity index (χ1n) is 7.05. The fourth-order valence-electron chi connectivity index (χ4n) is 2.32. The van der Waals surface area contributed by atoms with Gasteiger partial charge in [-0.25, -0.2) is 0 Å². The molecular weight excluding hydrogens is 322 g/mol. The summed E-state index contributed by atoms with van der Waals surface area (Å²) in [5.41, 5.74) is 0.449. The number of rotatable bonds is 5. The number of H-pyrrole nitrogens is 1. The second kappa shape index (κ2) is 6.89. The number of nitrogens with one attached hydrogen (secondary N) is 2. The number of aromatic nitrogens is 2. The highest BCUT2D eigenvalue weighted by molar-refractivity contribution is 6.32. The topological polar surface area (TPSA) is 85.5 Å². The summed E-state index contributed by atoms with van der Waals surface area (Å²) in [5, 5.41) is 9.78. The average molecular weight is 338 g/mol. The van der Waals surface area contributed by atoms with Gasteiger partial charge in [-0.15, -0.1) is 0 Å². The zero-order chi connectivity index (χ0) is 16.2. The number of hydrogen-bond acceptors (Lipinski definition) is 5. The number of amides is 1. The van der Waals surface area contributed by atoms with Gasteiger partial charge in [-0.05, 0) is 18.2 Å². The molecule has 1 saturated heterocycles. The third-order valence-electron chi connectivity index (χ3n) is 3.52. The highest BCUT2D eigenvalue weighted by atomic mass is 35.5. The fourth-order valence-corrected chi connectivity index (χ4v) is 2.58. The Hall–Kier alpha value is -2.25. The van der Waals surface area contributed by atoms with Crippen molar-refractivity contribution < 1.29 is 19.0 Å². The molecule has 1 amide bonds. The number of carbonyl (C=O) groups excluding carboxylic acids is 1. The standard InChI is InChI=1S/C15H16ClN3O4/c1-21-13-3-2-9(4-11(13)16)15(20)19-12-7-22-8-14(12)23-10-5-17-18-6-10/h2-6,12,14H,7-8H2,1H3,(H,17,18)(H,19,20)/t12-,14+/m0/s1. The smallest absolute Gasteiger partial charge is 0.251 e. The van der Waals surface area contributed by atoms with Crippen molar-refractivity contribution in [1.29, 1.82) is 0 Å². The summed E-state index contributed by atoms with van der Waals surface area (Å²) in [6.07, 6.45) is 2.94. The lowest BCUT2D eigenvalue weighted by Gasteiger charge is -2.19. The molecule has 2 aromatic rings. The normalized spacial score (nSPS) is 20.3. The second-order valence-corrected chi connectivity index (χ2v) is 5.46. The summed E-state index contributed by atoms with van der Waals surface area (Å²) in [5.74, 6) is 0.881. The molecule has 8 heteroatoms. The van der Waals surface area contributed by atoms with Crippen molar-refractivity contribution in [3.8, 4) is 11.5 Å². The van der Waals surface area contributed by atoms with E-state index in [1.54, 1.807) is 30.6 Å². The number of aromatic amines is 1. The first-order chi connectivity index (χ1) is 11.2. The number of halogens is 1. The van der Waals surface area contributed by atoms with E-state index < -0.39 is 0 Å². The van der Waals surface area contributed by atoms with Gasteiger partial charge in [0.25, 0.3) is 5.91 Å². The van der Waals surface area contributed by atoms with E-state index in [-0.39, 0.29) is 18.1 Å². The van der Waals surface area contributed by atoms with E-state index in [9.17, 15) is 4.79 Å². The number of ether oxygens (including phenoxy) is 3. The third kappa shape index (κ3) is 3.57. The number of nitrogens with zero attached hydrogens (tertiary/aromatic N) is 1. The Morgan fingerprint density at radius 1 is 1.48 bits per heavy atom. The minimum Gasteiger partial charge on any atom is -0.495 e. The zero-order valence-corrected chi connectivity index (χ0v) is 13.2. The lowest BCUT2D eigenvalue weighted by molar-refractivity contribution is 0.0904. The molecule has 2 atom stereocenters. The number of methoxy groups -OCH3 is 1. The Morgan fingerprint density at radius 3 is 3.04 bits per heavy atom. The molecule has 2 heterocycles. The lowest BCUT2D eigenvalue weighted by atomic mass is 10.1. The van der Waals surface area contributed by atoms with Crippen molar-refractivity contribution >= 4 is 17.5 Å². The fraction of sp³-hybridized carbons (Fsp3) is 0.333. The number of benzene rings is 1. The SMILES string of the molecule is COc1ccc(C(=O)N[C@H]2COC[C@H]2Oc2cn[nH]c2)cc1Cl. The summed E-state index contributed by atoms with van der Waals surface area (Å²) in [7, 11) is 1.52. The predicted molar refractivity (Wildman–Crippen MR) is 83.1 cm³/mol. The summed E-state index contributed by atoms with van der Waals surface area (Å²) >= 11 is 6.05. The van der Waals surface area contributed by atoms with Crippen molar-refractivity contribution in [3.63, 3.8) is 0 Å². The van der Waals surface area contributed by atoms with Crippen LogP contribution < -0.4 is 14.8 Å². The molecule has 0 saturated carbocycles. The molecule has 0 bridgehead atoms. The van der Waals surface area contributed by atoms with Crippen LogP contribution in [0.3, 0.4) is 0 Å². The van der Waals surface area contributed by atoms with Gasteiger partial charge >= 0.3 is 0 Å². The molecule has 1 fully saturated rings. The van der Waals surface area contributed by atoms with Crippen LogP contribution in [0.1, 0.15) is 10.4 Å². The maximum absolute atomic E-state index is 12.4. The Labute approximate surface area is 137 Å². The monoisotopic (exact) mass is 337 g/mol. The van der Waals surface area contributed by atoms with Gasteiger partial charge in [0, 0.05) is 5.56 Å². The molecule has 0 aliphatic carbocycles. The van der Waals surface area contributed by atoms with E-state index >= 15 is 0 Å². The van der Waals surface area contributed by atoms with E-state index in [1.807, 2.05) is 0 Å². The van der Waals surface area contributed by atoms with Crippen LogP contribution in [0.2, 0.25) is 5.02 Å². The minimum atomic E-state index is -0.273. The zero-order valence-electron chi connectivity index (χ0n) is 12.4. The van der Waals surface area contributed by atoms with Crippen LogP contribution in [-0.4, -0.2) is 48.6 Å². The van der Waals surface area contributed by atoms with E-state index in [2.05, 4.69) is 15.5 Å². The summed E-state index contributed by atoms with van der Waals surface area (Å²) in [6, 6.07) is 4.62. The quantitative estimate of drug-likeness (QED) is 0.866. The van der Waals surface area contributed by atoms with E-state index in [0.717, 1.165) is 0 Å².